The van der Waals surface area contributed by atoms with E-state index in [0.29, 0.717) is 11.3 Å². The number of benzene rings is 3. The van der Waals surface area contributed by atoms with Gasteiger partial charge in [-0.25, -0.2) is 4.39 Å². The second-order valence-electron chi connectivity index (χ2n) is 8.12. The van der Waals surface area contributed by atoms with Gasteiger partial charge in [-0.3, -0.25) is 9.59 Å². The number of hydrogen-bond acceptors (Lipinski definition) is 3. The van der Waals surface area contributed by atoms with Crippen molar-refractivity contribution in [1.82, 2.24) is 9.88 Å². The number of nitrogens with zero attached hydrogens (tertiary/aromatic N) is 1. The van der Waals surface area contributed by atoms with Crippen molar-refractivity contribution < 1.29 is 13.9 Å². The quantitative estimate of drug-likeness (QED) is 0.448. The lowest BCUT2D eigenvalue weighted by Gasteiger charge is -2.23. The zero-order valence-electron chi connectivity index (χ0n) is 18.8. The Kier molecular flexibility index (Phi) is 6.27. The maximum absolute atomic E-state index is 13.8. The number of fused-ring (bicyclic) bond motifs is 1. The van der Waals surface area contributed by atoms with E-state index in [1.807, 2.05) is 56.3 Å². The maximum atomic E-state index is 13.8. The summed E-state index contributed by atoms with van der Waals surface area (Å²) < 4.78 is 19.0. The highest BCUT2D eigenvalue weighted by Gasteiger charge is 2.19. The predicted octanol–water partition coefficient (Wildman–Crippen LogP) is 5.14. The van der Waals surface area contributed by atoms with E-state index in [0.717, 1.165) is 27.6 Å². The maximum Gasteiger partial charge on any atom is 0.254 e. The molecule has 0 fully saturated rings. The minimum absolute atomic E-state index is 0.0829. The van der Waals surface area contributed by atoms with Crippen molar-refractivity contribution in [1.29, 1.82) is 0 Å². The summed E-state index contributed by atoms with van der Waals surface area (Å²) in [5, 5.41) is 0.898. The van der Waals surface area contributed by atoms with Gasteiger partial charge in [-0.15, -0.1) is 0 Å². The summed E-state index contributed by atoms with van der Waals surface area (Å²) in [6.07, 6.45) is 0. The van der Waals surface area contributed by atoms with Crippen LogP contribution in [0.25, 0.3) is 10.9 Å². The first kappa shape index (κ1) is 22.3. The van der Waals surface area contributed by atoms with Crippen molar-refractivity contribution in [2.45, 2.75) is 26.9 Å². The van der Waals surface area contributed by atoms with E-state index in [9.17, 15) is 14.0 Å². The smallest absolute Gasteiger partial charge is 0.254 e. The van der Waals surface area contributed by atoms with E-state index in [1.54, 1.807) is 18.1 Å². The van der Waals surface area contributed by atoms with E-state index >= 15 is 0 Å². The van der Waals surface area contributed by atoms with Crippen molar-refractivity contribution in [3.63, 3.8) is 0 Å². The molecular formula is C27H25FN2O3. The Balaban J connectivity index is 1.72. The summed E-state index contributed by atoms with van der Waals surface area (Å²) in [5.41, 5.74) is 4.21. The summed E-state index contributed by atoms with van der Waals surface area (Å²) in [7, 11) is 1.59. The van der Waals surface area contributed by atoms with Crippen LogP contribution >= 0.6 is 0 Å². The normalized spacial score (nSPS) is 10.9. The lowest BCUT2D eigenvalue weighted by molar-refractivity contribution is 0.0729. The Labute approximate surface area is 191 Å². The summed E-state index contributed by atoms with van der Waals surface area (Å²) >= 11 is 0. The number of hydrogen-bond donors (Lipinski definition) is 1. The van der Waals surface area contributed by atoms with Crippen molar-refractivity contribution >= 4 is 16.8 Å². The summed E-state index contributed by atoms with van der Waals surface area (Å²) in [6.45, 7) is 4.30. The number of pyridine rings is 1. The molecule has 0 saturated heterocycles. The fraction of sp³-hybridized carbons (Fsp3) is 0.185. The van der Waals surface area contributed by atoms with E-state index in [-0.39, 0.29) is 30.1 Å². The largest absolute Gasteiger partial charge is 0.497 e. The minimum atomic E-state index is -0.486. The van der Waals surface area contributed by atoms with Crippen LogP contribution in [0.5, 0.6) is 5.75 Å². The van der Waals surface area contributed by atoms with Gasteiger partial charge >= 0.3 is 0 Å². The van der Waals surface area contributed by atoms with Gasteiger partial charge in [-0.05, 0) is 72.3 Å². The van der Waals surface area contributed by atoms with Crippen LogP contribution in [0.2, 0.25) is 0 Å². The number of amides is 1. The Morgan fingerprint density at radius 2 is 1.76 bits per heavy atom. The van der Waals surface area contributed by atoms with Crippen LogP contribution in [-0.4, -0.2) is 22.9 Å². The van der Waals surface area contributed by atoms with Crippen LogP contribution in [-0.2, 0) is 13.1 Å². The summed E-state index contributed by atoms with van der Waals surface area (Å²) in [4.78, 5) is 30.8. The number of carbonyl (C=O) groups is 1. The molecule has 3 aromatic carbocycles. The molecule has 6 heteroatoms. The van der Waals surface area contributed by atoms with Crippen molar-refractivity contribution in [3.8, 4) is 5.75 Å². The number of H-pyrrole nitrogens is 1. The second-order valence-corrected chi connectivity index (χ2v) is 8.12. The fourth-order valence-corrected chi connectivity index (χ4v) is 3.85. The lowest BCUT2D eigenvalue weighted by Crippen LogP contribution is -2.32. The van der Waals surface area contributed by atoms with E-state index in [2.05, 4.69) is 4.98 Å². The van der Waals surface area contributed by atoms with Gasteiger partial charge in [-0.2, -0.15) is 0 Å². The molecule has 4 aromatic rings. The van der Waals surface area contributed by atoms with Gasteiger partial charge in [0.15, 0.2) is 0 Å². The number of ether oxygens (including phenoxy) is 1. The summed E-state index contributed by atoms with van der Waals surface area (Å²) in [5.74, 6) is -0.136. The molecule has 1 aromatic heterocycles. The average Bonchev–Trinajstić information content (AvgIpc) is 2.82. The van der Waals surface area contributed by atoms with E-state index < -0.39 is 5.82 Å². The third-order valence-electron chi connectivity index (χ3n) is 5.88. The van der Waals surface area contributed by atoms with E-state index in [4.69, 9.17) is 4.74 Å². The highest BCUT2D eigenvalue weighted by molar-refractivity contribution is 5.94. The van der Waals surface area contributed by atoms with Gasteiger partial charge in [0.2, 0.25) is 0 Å². The molecule has 0 atom stereocenters. The molecule has 0 radical (unpaired) electrons. The monoisotopic (exact) mass is 444 g/mol. The highest BCUT2D eigenvalue weighted by atomic mass is 19.1. The number of aromatic amines is 1. The molecule has 0 bridgehead atoms. The third kappa shape index (κ3) is 4.80. The van der Waals surface area contributed by atoms with Crippen molar-refractivity contribution in [2.24, 2.45) is 0 Å². The SMILES string of the molecule is COc1ccc(CN(Cc2cc3ccc(C)c(C)c3[nH]c2=O)C(=O)c2cccc(F)c2)cc1. The molecule has 33 heavy (non-hydrogen) atoms. The van der Waals surface area contributed by atoms with Crippen molar-refractivity contribution in [3.05, 3.63) is 111 Å². The standard InChI is InChI=1S/C27H25FN2O3/c1-17-7-10-20-13-22(26(31)29-25(20)18(17)2)16-30(15-19-8-11-24(33-3)12-9-19)27(32)21-5-4-6-23(28)14-21/h4-14H,15-16H2,1-3H3,(H,29,31). The van der Waals surface area contributed by atoms with Gasteiger partial charge in [0, 0.05) is 17.7 Å². The van der Waals surface area contributed by atoms with E-state index in [1.165, 1.54) is 18.2 Å². The highest BCUT2D eigenvalue weighted by Crippen LogP contribution is 2.21. The zero-order chi connectivity index (χ0) is 23.5. The zero-order valence-corrected chi connectivity index (χ0v) is 18.8. The van der Waals surface area contributed by atoms with Crippen LogP contribution in [0.4, 0.5) is 4.39 Å². The molecule has 1 heterocycles. The number of carbonyl (C=O) groups excluding carboxylic acids is 1. The first-order chi connectivity index (χ1) is 15.9. The van der Waals surface area contributed by atoms with Crippen LogP contribution < -0.4 is 10.3 Å². The van der Waals surface area contributed by atoms with Crippen LogP contribution in [0.3, 0.4) is 0 Å². The molecule has 1 amide bonds. The van der Waals surface area contributed by atoms with Crippen LogP contribution in [0, 0.1) is 19.7 Å². The molecule has 0 spiro atoms. The molecule has 0 aliphatic heterocycles. The molecule has 4 rings (SSSR count). The number of halogens is 1. The number of aromatic nitrogens is 1. The lowest BCUT2D eigenvalue weighted by atomic mass is 10.0. The predicted molar refractivity (Wildman–Crippen MR) is 127 cm³/mol. The Morgan fingerprint density at radius 1 is 1.00 bits per heavy atom. The molecule has 168 valence electrons. The number of methoxy groups -OCH3 is 1. The number of nitrogens with one attached hydrogen (secondary N) is 1. The second kappa shape index (κ2) is 9.28. The molecule has 0 saturated carbocycles. The van der Waals surface area contributed by atoms with Gasteiger partial charge in [0.25, 0.3) is 11.5 Å². The molecular weight excluding hydrogens is 419 g/mol. The number of aryl methyl sites for hydroxylation is 2. The fourth-order valence-electron chi connectivity index (χ4n) is 3.85. The van der Waals surface area contributed by atoms with Gasteiger partial charge in [0.05, 0.1) is 19.2 Å². The number of rotatable bonds is 6. The van der Waals surface area contributed by atoms with Crippen molar-refractivity contribution in [2.75, 3.05) is 7.11 Å². The first-order valence-electron chi connectivity index (χ1n) is 10.7. The minimum Gasteiger partial charge on any atom is -0.497 e. The molecule has 0 aliphatic carbocycles. The molecule has 0 aliphatic rings. The molecule has 1 N–H and O–H groups in total. The summed E-state index contributed by atoms with van der Waals surface area (Å²) in [6, 6.07) is 18.7. The molecule has 5 nitrogen and oxygen atoms in total. The van der Waals surface area contributed by atoms with Crippen LogP contribution in [0.1, 0.15) is 32.6 Å². The Bertz CT molecular complexity index is 1380. The van der Waals surface area contributed by atoms with Crippen LogP contribution in [0.15, 0.2) is 71.5 Å². The van der Waals surface area contributed by atoms with Gasteiger partial charge in [-0.1, -0.05) is 30.3 Å². The topological polar surface area (TPSA) is 62.4 Å². The third-order valence-corrected chi connectivity index (χ3v) is 5.88. The van der Waals surface area contributed by atoms with Gasteiger partial charge in [0.1, 0.15) is 11.6 Å². The Morgan fingerprint density at radius 3 is 2.45 bits per heavy atom. The average molecular weight is 445 g/mol. The van der Waals surface area contributed by atoms with Gasteiger partial charge < -0.3 is 14.6 Å². The first-order valence-corrected chi connectivity index (χ1v) is 10.7. The molecule has 0 unspecified atom stereocenters. The Hall–Kier alpha value is -3.93.